The average Bonchev–Trinajstić information content (AvgIpc) is 3.28. The minimum absolute atomic E-state index is 0.0926. The Kier molecular flexibility index (Phi) is 6.68. The zero-order valence-corrected chi connectivity index (χ0v) is 17.6. The lowest BCUT2D eigenvalue weighted by atomic mass is 10.1. The number of carbonyl (C=O) groups is 2. The number of nitrogens with zero attached hydrogens (tertiary/aromatic N) is 2. The number of furan rings is 1. The average molecular weight is 447 g/mol. The van der Waals surface area contributed by atoms with Gasteiger partial charge in [-0.25, -0.2) is 4.79 Å². The second-order valence-electron chi connectivity index (χ2n) is 6.52. The van der Waals surface area contributed by atoms with Crippen molar-refractivity contribution in [3.8, 4) is 11.3 Å². The zero-order valence-electron chi connectivity index (χ0n) is 15.9. The molecule has 2 aromatic rings. The molecule has 1 aromatic heterocycles. The summed E-state index contributed by atoms with van der Waals surface area (Å²) in [6, 6.07) is 8.34. The van der Waals surface area contributed by atoms with E-state index in [0.29, 0.717) is 24.2 Å². The number of carboxylic acid groups (broad SMARTS) is 1. The number of carboxylic acids is 1. The first kappa shape index (κ1) is 21.7. The molecule has 2 heterocycles. The van der Waals surface area contributed by atoms with Gasteiger partial charge in [-0.05, 0) is 24.6 Å². The highest BCUT2D eigenvalue weighted by Gasteiger charge is 2.40. The normalized spacial score (nSPS) is 16.3. The third kappa shape index (κ3) is 4.44. The van der Waals surface area contributed by atoms with Crippen LogP contribution >= 0.6 is 24.0 Å². The predicted molar refractivity (Wildman–Crippen MR) is 117 cm³/mol. The molecule has 1 amide bonds. The summed E-state index contributed by atoms with van der Waals surface area (Å²) in [5.74, 6) is -0.991. The molecule has 10 heteroatoms. The molecule has 0 bridgehead atoms. The molecule has 3 rings (SSSR count). The van der Waals surface area contributed by atoms with Gasteiger partial charge >= 0.3 is 5.97 Å². The van der Waals surface area contributed by atoms with E-state index in [2.05, 4.69) is 0 Å². The van der Waals surface area contributed by atoms with Crippen LogP contribution in [0.3, 0.4) is 0 Å². The quantitative estimate of drug-likeness (QED) is 0.269. The Balaban J connectivity index is 1.87. The number of aliphatic carboxylic acids is 1. The second-order valence-corrected chi connectivity index (χ2v) is 8.20. The lowest BCUT2D eigenvalue weighted by Crippen LogP contribution is -2.43. The van der Waals surface area contributed by atoms with Crippen LogP contribution in [0.2, 0.25) is 0 Å². The van der Waals surface area contributed by atoms with Gasteiger partial charge in [0, 0.05) is 12.1 Å². The Labute approximate surface area is 181 Å². The Morgan fingerprint density at radius 1 is 1.37 bits per heavy atom. The third-order valence-corrected chi connectivity index (χ3v) is 5.85. The van der Waals surface area contributed by atoms with Crippen LogP contribution in [0, 0.1) is 10.1 Å². The number of amides is 1. The summed E-state index contributed by atoms with van der Waals surface area (Å²) in [7, 11) is 0. The summed E-state index contributed by atoms with van der Waals surface area (Å²) in [6.07, 6.45) is 3.24. The SMILES string of the molecule is CCCCC(C(=O)O)N1C(=O)/C(=C\c2ccc(-c3ccccc3[N+](=O)[O-])o2)SC1=S. The Hall–Kier alpha value is -2.98. The molecule has 0 aliphatic carbocycles. The number of carbonyl (C=O) groups excluding carboxylic acids is 1. The van der Waals surface area contributed by atoms with Crippen molar-refractivity contribution in [2.24, 2.45) is 0 Å². The van der Waals surface area contributed by atoms with Crippen LogP contribution < -0.4 is 0 Å². The maximum absolute atomic E-state index is 12.8. The highest BCUT2D eigenvalue weighted by atomic mass is 32.2. The molecule has 1 N–H and O–H groups in total. The van der Waals surface area contributed by atoms with Gasteiger partial charge in [0.15, 0.2) is 0 Å². The van der Waals surface area contributed by atoms with Crippen LogP contribution in [0.15, 0.2) is 45.7 Å². The van der Waals surface area contributed by atoms with Crippen LogP contribution in [0.1, 0.15) is 31.9 Å². The largest absolute Gasteiger partial charge is 0.480 e. The summed E-state index contributed by atoms with van der Waals surface area (Å²) in [6.45, 7) is 1.94. The van der Waals surface area contributed by atoms with E-state index in [4.69, 9.17) is 16.6 Å². The minimum Gasteiger partial charge on any atom is -0.480 e. The van der Waals surface area contributed by atoms with Crippen molar-refractivity contribution in [3.05, 3.63) is 57.2 Å². The number of hydrogen-bond acceptors (Lipinski definition) is 7. The molecular formula is C20H18N2O6S2. The van der Waals surface area contributed by atoms with Crippen molar-refractivity contribution < 1.29 is 24.0 Å². The number of thioether (sulfide) groups is 1. The molecule has 1 saturated heterocycles. The molecule has 8 nitrogen and oxygen atoms in total. The molecule has 1 aliphatic heterocycles. The molecule has 1 fully saturated rings. The lowest BCUT2D eigenvalue weighted by molar-refractivity contribution is -0.384. The summed E-state index contributed by atoms with van der Waals surface area (Å²) < 4.78 is 5.87. The van der Waals surface area contributed by atoms with Crippen molar-refractivity contribution in [2.75, 3.05) is 0 Å². The van der Waals surface area contributed by atoms with Gasteiger partial charge in [-0.1, -0.05) is 55.9 Å². The third-order valence-electron chi connectivity index (χ3n) is 4.52. The monoisotopic (exact) mass is 446 g/mol. The maximum atomic E-state index is 12.8. The van der Waals surface area contributed by atoms with Gasteiger partial charge in [-0.15, -0.1) is 0 Å². The standard InChI is InChI=1S/C20H18N2O6S2/c1-2-3-7-15(19(24)25)21-18(23)17(30-20(21)29)11-12-9-10-16(28-12)13-6-4-5-8-14(13)22(26)27/h4-6,8-11,15H,2-3,7H2,1H3,(H,24,25)/b17-11+. The van der Waals surface area contributed by atoms with E-state index in [1.54, 1.807) is 30.3 Å². The van der Waals surface area contributed by atoms with Gasteiger partial charge in [0.1, 0.15) is 21.9 Å². The zero-order chi connectivity index (χ0) is 21.8. The fourth-order valence-corrected chi connectivity index (χ4v) is 4.39. The number of benzene rings is 1. The molecule has 0 spiro atoms. The van der Waals surface area contributed by atoms with E-state index in [1.807, 2.05) is 6.92 Å². The fraction of sp³-hybridized carbons (Fsp3) is 0.250. The van der Waals surface area contributed by atoms with E-state index < -0.39 is 22.8 Å². The molecule has 30 heavy (non-hydrogen) atoms. The van der Waals surface area contributed by atoms with Crippen molar-refractivity contribution in [3.63, 3.8) is 0 Å². The number of para-hydroxylation sites is 1. The fourth-order valence-electron chi connectivity index (χ4n) is 3.05. The predicted octanol–water partition coefficient (Wildman–Crippen LogP) is 4.70. The van der Waals surface area contributed by atoms with Crippen LogP contribution in [-0.2, 0) is 9.59 Å². The van der Waals surface area contributed by atoms with E-state index >= 15 is 0 Å². The Bertz CT molecular complexity index is 1050. The minimum atomic E-state index is -1.10. The van der Waals surface area contributed by atoms with Crippen LogP contribution in [0.4, 0.5) is 5.69 Å². The highest BCUT2D eigenvalue weighted by molar-refractivity contribution is 8.26. The molecule has 1 aliphatic rings. The first-order chi connectivity index (χ1) is 14.3. The molecule has 0 saturated carbocycles. The Morgan fingerprint density at radius 2 is 2.10 bits per heavy atom. The number of rotatable bonds is 8. The smallest absolute Gasteiger partial charge is 0.326 e. The summed E-state index contributed by atoms with van der Waals surface area (Å²) in [4.78, 5) is 36.6. The molecule has 1 atom stereocenters. The molecule has 156 valence electrons. The van der Waals surface area contributed by atoms with E-state index in [-0.39, 0.29) is 20.7 Å². The number of hydrogen-bond donors (Lipinski definition) is 1. The van der Waals surface area contributed by atoms with Gasteiger partial charge in [0.2, 0.25) is 0 Å². The molecule has 1 unspecified atom stereocenters. The number of thiocarbonyl (C=S) groups is 1. The second kappa shape index (κ2) is 9.23. The van der Waals surface area contributed by atoms with Gasteiger partial charge in [0.25, 0.3) is 11.6 Å². The first-order valence-electron chi connectivity index (χ1n) is 9.17. The molecular weight excluding hydrogens is 428 g/mol. The number of nitro benzene ring substituents is 1. The van der Waals surface area contributed by atoms with Crippen molar-refractivity contribution in [1.29, 1.82) is 0 Å². The number of unbranched alkanes of at least 4 members (excludes halogenated alkanes) is 1. The van der Waals surface area contributed by atoms with Crippen LogP contribution in [-0.4, -0.2) is 37.2 Å². The van der Waals surface area contributed by atoms with Crippen molar-refractivity contribution in [2.45, 2.75) is 32.2 Å². The van der Waals surface area contributed by atoms with Crippen molar-refractivity contribution >= 4 is 51.9 Å². The molecule has 1 aromatic carbocycles. The van der Waals surface area contributed by atoms with Crippen LogP contribution in [0.5, 0.6) is 0 Å². The summed E-state index contributed by atoms with van der Waals surface area (Å²) >= 11 is 6.25. The number of nitro groups is 1. The Morgan fingerprint density at radius 3 is 2.77 bits per heavy atom. The first-order valence-corrected chi connectivity index (χ1v) is 10.4. The van der Waals surface area contributed by atoms with E-state index in [1.165, 1.54) is 12.1 Å². The highest BCUT2D eigenvalue weighted by Crippen LogP contribution is 2.36. The van der Waals surface area contributed by atoms with E-state index in [0.717, 1.165) is 23.1 Å². The van der Waals surface area contributed by atoms with Crippen molar-refractivity contribution in [1.82, 2.24) is 4.90 Å². The van der Waals surface area contributed by atoms with Crippen LogP contribution in [0.25, 0.3) is 17.4 Å². The van der Waals surface area contributed by atoms with E-state index in [9.17, 15) is 24.8 Å². The van der Waals surface area contributed by atoms with Gasteiger partial charge in [-0.3, -0.25) is 19.8 Å². The van der Waals surface area contributed by atoms with Gasteiger partial charge in [0.05, 0.1) is 15.4 Å². The van der Waals surface area contributed by atoms with Gasteiger partial charge in [-0.2, -0.15) is 0 Å². The lowest BCUT2D eigenvalue weighted by Gasteiger charge is -2.22. The molecule has 0 radical (unpaired) electrons. The summed E-state index contributed by atoms with van der Waals surface area (Å²) in [5, 5.41) is 20.7. The maximum Gasteiger partial charge on any atom is 0.326 e. The topological polar surface area (TPSA) is 114 Å². The summed E-state index contributed by atoms with van der Waals surface area (Å²) in [5.41, 5.74) is 0.227. The van der Waals surface area contributed by atoms with Gasteiger partial charge < -0.3 is 9.52 Å².